The zero-order valence-electron chi connectivity index (χ0n) is 14.0. The second-order valence-corrected chi connectivity index (χ2v) is 12.1. The molecule has 0 aliphatic carbocycles. The lowest BCUT2D eigenvalue weighted by Gasteiger charge is -2.14. The molecule has 0 spiro atoms. The van der Waals surface area contributed by atoms with Gasteiger partial charge < -0.3 is 0 Å². The molecule has 2 nitrogen and oxygen atoms in total. The fourth-order valence-corrected chi connectivity index (χ4v) is 4.28. The molecule has 124 valence electrons. The highest BCUT2D eigenvalue weighted by Gasteiger charge is 2.06. The maximum Gasteiger partial charge on any atom is 0.0907 e. The first-order chi connectivity index (χ1) is 11.5. The molecule has 5 heteroatoms. The Balaban J connectivity index is 1.69. The molecule has 0 amide bonds. The van der Waals surface area contributed by atoms with Crippen LogP contribution in [0.2, 0.25) is 0 Å². The van der Waals surface area contributed by atoms with E-state index in [-0.39, 0.29) is 0 Å². The smallest absolute Gasteiger partial charge is 0.0907 e. The SMILES string of the molecule is CS(C)(C)C#Cc1ccsc1SNCc1ccnc2ccccc12. The number of pyridine rings is 1. The molecule has 3 rings (SSSR count). The number of fused-ring (bicyclic) bond motifs is 1. The van der Waals surface area contributed by atoms with Crippen molar-refractivity contribution in [2.45, 2.75) is 10.8 Å². The van der Waals surface area contributed by atoms with Crippen LogP contribution in [-0.4, -0.2) is 23.8 Å². The highest BCUT2D eigenvalue weighted by atomic mass is 32.3. The normalized spacial score (nSPS) is 12.0. The second kappa shape index (κ2) is 7.62. The van der Waals surface area contributed by atoms with Gasteiger partial charge in [0.2, 0.25) is 0 Å². The average molecular weight is 373 g/mol. The number of hydrogen-bond donors (Lipinski definition) is 1. The minimum absolute atomic E-state index is 0.795. The quantitative estimate of drug-likeness (QED) is 0.510. The summed E-state index contributed by atoms with van der Waals surface area (Å²) in [7, 11) is -0.798. The van der Waals surface area contributed by atoms with Crippen molar-refractivity contribution >= 4 is 44.2 Å². The molecule has 24 heavy (non-hydrogen) atoms. The van der Waals surface area contributed by atoms with Gasteiger partial charge in [0.1, 0.15) is 0 Å². The Morgan fingerprint density at radius 2 is 2.00 bits per heavy atom. The van der Waals surface area contributed by atoms with E-state index in [2.05, 4.69) is 69.3 Å². The van der Waals surface area contributed by atoms with Gasteiger partial charge in [-0.2, -0.15) is 10.0 Å². The van der Waals surface area contributed by atoms with Gasteiger partial charge in [-0.05, 0) is 65.1 Å². The summed E-state index contributed by atoms with van der Waals surface area (Å²) < 4.78 is 4.70. The summed E-state index contributed by atoms with van der Waals surface area (Å²) in [5.41, 5.74) is 3.42. The largest absolute Gasteiger partial charge is 0.256 e. The molecule has 0 aliphatic heterocycles. The minimum Gasteiger partial charge on any atom is -0.256 e. The topological polar surface area (TPSA) is 24.9 Å². The predicted octanol–water partition coefficient (Wildman–Crippen LogP) is 5.10. The molecule has 0 radical (unpaired) electrons. The third kappa shape index (κ3) is 4.55. The van der Waals surface area contributed by atoms with Crippen molar-refractivity contribution in [3.63, 3.8) is 0 Å². The van der Waals surface area contributed by atoms with Gasteiger partial charge in [0, 0.05) is 18.1 Å². The summed E-state index contributed by atoms with van der Waals surface area (Å²) >= 11 is 3.40. The zero-order chi connectivity index (χ0) is 17.0. The van der Waals surface area contributed by atoms with Gasteiger partial charge in [-0.1, -0.05) is 24.1 Å². The lowest BCUT2D eigenvalue weighted by molar-refractivity contribution is 0.984. The third-order valence-electron chi connectivity index (χ3n) is 3.29. The lowest BCUT2D eigenvalue weighted by Crippen LogP contribution is -2.03. The van der Waals surface area contributed by atoms with Crippen molar-refractivity contribution in [1.29, 1.82) is 0 Å². The van der Waals surface area contributed by atoms with E-state index in [1.54, 1.807) is 23.3 Å². The van der Waals surface area contributed by atoms with Crippen LogP contribution >= 0.6 is 33.3 Å². The molecule has 3 aromatic rings. The van der Waals surface area contributed by atoms with E-state index >= 15 is 0 Å². The van der Waals surface area contributed by atoms with E-state index in [1.165, 1.54) is 15.2 Å². The summed E-state index contributed by atoms with van der Waals surface area (Å²) in [6.45, 7) is 0.795. The van der Waals surface area contributed by atoms with Crippen LogP contribution in [0.1, 0.15) is 11.1 Å². The van der Waals surface area contributed by atoms with E-state index in [0.29, 0.717) is 0 Å². The van der Waals surface area contributed by atoms with Crippen LogP contribution in [0.3, 0.4) is 0 Å². The van der Waals surface area contributed by atoms with Gasteiger partial charge in [-0.3, -0.25) is 9.71 Å². The summed E-state index contributed by atoms with van der Waals surface area (Å²) in [4.78, 5) is 4.41. The first-order valence-corrected chi connectivity index (χ1v) is 12.1. The number of aromatic nitrogens is 1. The molecule has 0 atom stereocenters. The highest BCUT2D eigenvalue weighted by Crippen LogP contribution is 2.33. The molecule has 2 aromatic heterocycles. The number of thiophene rings is 1. The second-order valence-electron chi connectivity index (χ2n) is 6.10. The van der Waals surface area contributed by atoms with Gasteiger partial charge in [0.25, 0.3) is 0 Å². The fourth-order valence-electron chi connectivity index (χ4n) is 2.16. The van der Waals surface area contributed by atoms with E-state index in [1.807, 2.05) is 18.3 Å². The Hall–Kier alpha value is -1.45. The zero-order valence-corrected chi connectivity index (χ0v) is 16.4. The fraction of sp³-hybridized carbons (Fsp3) is 0.211. The molecule has 0 aliphatic rings. The van der Waals surface area contributed by atoms with Gasteiger partial charge in [0.05, 0.1) is 15.3 Å². The van der Waals surface area contributed by atoms with Gasteiger partial charge >= 0.3 is 0 Å². The Bertz CT molecular complexity index is 893. The van der Waals surface area contributed by atoms with Gasteiger partial charge in [-0.15, -0.1) is 11.3 Å². The summed E-state index contributed by atoms with van der Waals surface area (Å²) in [5.74, 6) is 3.34. The number of nitrogens with one attached hydrogen (secondary N) is 1. The van der Waals surface area contributed by atoms with Crippen molar-refractivity contribution < 1.29 is 0 Å². The molecule has 0 bridgehead atoms. The van der Waals surface area contributed by atoms with Crippen LogP contribution in [0.5, 0.6) is 0 Å². The Kier molecular flexibility index (Phi) is 5.52. The van der Waals surface area contributed by atoms with Crippen molar-refractivity contribution in [2.75, 3.05) is 18.8 Å². The Morgan fingerprint density at radius 1 is 1.17 bits per heavy atom. The monoisotopic (exact) mass is 372 g/mol. The van der Waals surface area contributed by atoms with Crippen molar-refractivity contribution in [1.82, 2.24) is 9.71 Å². The third-order valence-corrected chi connectivity index (χ3v) is 5.94. The molecule has 0 fully saturated rings. The molecule has 1 N–H and O–H groups in total. The summed E-state index contributed by atoms with van der Waals surface area (Å²) in [6, 6.07) is 12.4. The number of benzene rings is 1. The molecule has 2 heterocycles. The van der Waals surface area contributed by atoms with Crippen molar-refractivity contribution in [3.8, 4) is 11.2 Å². The maximum absolute atomic E-state index is 4.41. The first-order valence-electron chi connectivity index (χ1n) is 7.54. The summed E-state index contributed by atoms with van der Waals surface area (Å²) in [6.07, 6.45) is 8.52. The standard InChI is InChI=1S/C19H20N2S3/c1-24(2,3)13-10-15-9-12-22-19(15)23-21-14-16-8-11-20-18-7-5-4-6-17(16)18/h4-9,11-12,21H,14H2,1-3H3. The molecular formula is C19H20N2S3. The van der Waals surface area contributed by atoms with E-state index < -0.39 is 10.0 Å². The molecule has 0 saturated carbocycles. The van der Waals surface area contributed by atoms with Crippen LogP contribution < -0.4 is 4.72 Å². The number of rotatable bonds is 4. The molecule has 1 aromatic carbocycles. The van der Waals surface area contributed by atoms with Crippen molar-refractivity contribution in [2.24, 2.45) is 0 Å². The molecule has 0 saturated heterocycles. The predicted molar refractivity (Wildman–Crippen MR) is 111 cm³/mol. The van der Waals surface area contributed by atoms with Crippen molar-refractivity contribution in [3.05, 3.63) is 59.1 Å². The van der Waals surface area contributed by atoms with E-state index in [4.69, 9.17) is 0 Å². The maximum atomic E-state index is 4.41. The number of hydrogen-bond acceptors (Lipinski definition) is 4. The molecule has 0 unspecified atom stereocenters. The lowest BCUT2D eigenvalue weighted by atomic mass is 10.1. The highest BCUT2D eigenvalue weighted by molar-refractivity contribution is 8.36. The summed E-state index contributed by atoms with van der Waals surface area (Å²) in [5, 5.41) is 6.70. The average Bonchev–Trinajstić information content (AvgIpc) is 3.00. The molecular weight excluding hydrogens is 352 g/mol. The van der Waals surface area contributed by atoms with E-state index in [0.717, 1.165) is 17.6 Å². The number of para-hydroxylation sites is 1. The van der Waals surface area contributed by atoms with E-state index in [9.17, 15) is 0 Å². The Labute approximate surface area is 153 Å². The van der Waals surface area contributed by atoms with Crippen LogP contribution in [0.25, 0.3) is 10.9 Å². The minimum atomic E-state index is -0.798. The first kappa shape index (κ1) is 17.4. The van der Waals surface area contributed by atoms with Gasteiger partial charge in [-0.25, -0.2) is 0 Å². The van der Waals surface area contributed by atoms with Crippen LogP contribution in [0.15, 0.2) is 52.2 Å². The van der Waals surface area contributed by atoms with Crippen LogP contribution in [-0.2, 0) is 6.54 Å². The van der Waals surface area contributed by atoms with Gasteiger partial charge in [0.15, 0.2) is 0 Å². The Morgan fingerprint density at radius 3 is 2.83 bits per heavy atom. The van der Waals surface area contributed by atoms with Crippen LogP contribution in [0.4, 0.5) is 0 Å². The number of nitrogens with zero attached hydrogens (tertiary/aromatic N) is 1. The van der Waals surface area contributed by atoms with Crippen LogP contribution in [0, 0.1) is 11.2 Å².